The molecule has 2 heteroatoms. The highest BCUT2D eigenvalue weighted by Crippen LogP contribution is 2.47. The number of furan rings is 2. The molecule has 0 radical (unpaired) electrons. The standard InChI is InChI=1S/C66H64O2/c1-5-13-43(14-6-1)53-33-54(44-15-7-2-8-16-44)36-57(35-53)49-25-21-47(22-26-49)51-29-31-63-59(39-51)61-41-62-60-40-52(30-32-64(60)68-66(62)42-65(61)67-63)48-23-27-50(28-24-48)58-37-55(45-17-9-3-10-18-45)34-56(38-58)46-19-11-4-12-20-46/h1-3,5-7,9,11,13,15,17,19-22,25,27,29-32,34-36,38,41-43,48-49,51-53,58H,4,8,10,12,14,16,18,23-24,26,28,33,37,39-40H2. The molecule has 10 aliphatic carbocycles. The molecule has 0 spiro atoms. The number of rotatable bonds is 8. The summed E-state index contributed by atoms with van der Waals surface area (Å²) >= 11 is 0. The van der Waals surface area contributed by atoms with Crippen molar-refractivity contribution in [3.63, 3.8) is 0 Å². The lowest BCUT2D eigenvalue weighted by molar-refractivity contribution is 0.348. The predicted octanol–water partition coefficient (Wildman–Crippen LogP) is 17.5. The molecule has 1 aromatic carbocycles. The Hall–Kier alpha value is -6.12. The summed E-state index contributed by atoms with van der Waals surface area (Å²) < 4.78 is 13.2. The van der Waals surface area contributed by atoms with E-state index in [9.17, 15) is 0 Å². The van der Waals surface area contributed by atoms with Gasteiger partial charge in [0, 0.05) is 45.7 Å². The molecule has 10 aliphatic rings. The molecule has 7 unspecified atom stereocenters. The maximum absolute atomic E-state index is 6.60. The second kappa shape index (κ2) is 18.1. The summed E-state index contributed by atoms with van der Waals surface area (Å²) in [6.45, 7) is 0. The Morgan fingerprint density at radius 3 is 1.96 bits per heavy atom. The fraction of sp³-hybridized carbons (Fsp3) is 0.333. The van der Waals surface area contributed by atoms with E-state index in [0.29, 0.717) is 41.4 Å². The topological polar surface area (TPSA) is 26.3 Å². The Bertz CT molecular complexity index is 3120. The zero-order valence-corrected chi connectivity index (χ0v) is 39.6. The highest BCUT2D eigenvalue weighted by Gasteiger charge is 2.33. The molecule has 0 saturated carbocycles. The average Bonchev–Trinajstić information content (AvgIpc) is 3.97. The maximum Gasteiger partial charge on any atom is 0.138 e. The van der Waals surface area contributed by atoms with E-state index in [4.69, 9.17) is 8.83 Å². The molecule has 340 valence electrons. The van der Waals surface area contributed by atoms with Gasteiger partial charge < -0.3 is 8.83 Å². The van der Waals surface area contributed by atoms with E-state index in [0.717, 1.165) is 106 Å². The zero-order valence-electron chi connectivity index (χ0n) is 39.6. The Balaban J connectivity index is 0.707. The number of hydrogen-bond acceptors (Lipinski definition) is 2. The van der Waals surface area contributed by atoms with Gasteiger partial charge in [0.2, 0.25) is 0 Å². The van der Waals surface area contributed by atoms with Crippen molar-refractivity contribution < 1.29 is 8.83 Å². The lowest BCUT2D eigenvalue weighted by atomic mass is 9.72. The van der Waals surface area contributed by atoms with Gasteiger partial charge in [-0.2, -0.15) is 0 Å². The minimum atomic E-state index is 0.338. The summed E-state index contributed by atoms with van der Waals surface area (Å²) in [5.74, 6) is 5.57. The molecule has 2 nitrogen and oxygen atoms in total. The van der Waals surface area contributed by atoms with Crippen LogP contribution < -0.4 is 0 Å². The SMILES string of the molecule is C1=CCCC(C2=CC(C3=CCCC=C3)=CC(C3=CCC(C4C=Cc5oc6cc7oc8c(c7cc6c5C4)CC(C4=CCC(C5=CC(C6C=CC=CC6)CC(C6=CC=CCC6)=C5)C=C4)C=C8)CC3)C2)=C1. The van der Waals surface area contributed by atoms with Crippen LogP contribution in [-0.2, 0) is 12.8 Å². The first-order valence-electron chi connectivity index (χ1n) is 26.3. The molecular formula is C66H64O2. The molecule has 2 heterocycles. The van der Waals surface area contributed by atoms with Gasteiger partial charge in [-0.3, -0.25) is 0 Å². The van der Waals surface area contributed by atoms with E-state index >= 15 is 0 Å². The first kappa shape index (κ1) is 42.0. The highest BCUT2D eigenvalue weighted by atomic mass is 16.3. The van der Waals surface area contributed by atoms with Crippen molar-refractivity contribution in [3.8, 4) is 0 Å². The number of fused-ring (bicyclic) bond motifs is 6. The Morgan fingerprint density at radius 1 is 0.456 bits per heavy atom. The van der Waals surface area contributed by atoms with E-state index in [-0.39, 0.29) is 0 Å². The van der Waals surface area contributed by atoms with Crippen LogP contribution in [0.3, 0.4) is 0 Å². The average molecular weight is 889 g/mol. The monoisotopic (exact) mass is 888 g/mol. The van der Waals surface area contributed by atoms with Crippen molar-refractivity contribution in [2.75, 3.05) is 0 Å². The van der Waals surface area contributed by atoms with Gasteiger partial charge in [0.05, 0.1) is 0 Å². The third-order valence-electron chi connectivity index (χ3n) is 17.3. The van der Waals surface area contributed by atoms with E-state index in [1.54, 1.807) is 16.7 Å². The van der Waals surface area contributed by atoms with Crippen LogP contribution in [0.1, 0.15) is 106 Å². The number of benzene rings is 1. The molecule has 0 bridgehead atoms. The van der Waals surface area contributed by atoms with Crippen molar-refractivity contribution in [2.45, 2.75) is 96.3 Å². The molecule has 0 saturated heterocycles. The molecule has 7 atom stereocenters. The van der Waals surface area contributed by atoms with Gasteiger partial charge in [-0.1, -0.05) is 145 Å². The predicted molar refractivity (Wildman–Crippen MR) is 284 cm³/mol. The first-order valence-corrected chi connectivity index (χ1v) is 26.3. The summed E-state index contributed by atoms with van der Waals surface area (Å²) in [5, 5.41) is 2.52. The molecule has 0 aliphatic heterocycles. The zero-order chi connectivity index (χ0) is 45.0. The van der Waals surface area contributed by atoms with Crippen LogP contribution in [0.2, 0.25) is 0 Å². The highest BCUT2D eigenvalue weighted by molar-refractivity contribution is 5.99. The normalized spacial score (nSPS) is 29.6. The van der Waals surface area contributed by atoms with E-state index in [2.05, 4.69) is 164 Å². The van der Waals surface area contributed by atoms with Crippen LogP contribution in [0.4, 0.5) is 0 Å². The van der Waals surface area contributed by atoms with Gasteiger partial charge in [0.25, 0.3) is 0 Å². The van der Waals surface area contributed by atoms with Crippen molar-refractivity contribution in [1.29, 1.82) is 0 Å². The van der Waals surface area contributed by atoms with Crippen LogP contribution >= 0.6 is 0 Å². The van der Waals surface area contributed by atoms with E-state index < -0.39 is 0 Å². The molecule has 68 heavy (non-hydrogen) atoms. The van der Waals surface area contributed by atoms with Gasteiger partial charge in [-0.15, -0.1) is 0 Å². The van der Waals surface area contributed by atoms with Crippen LogP contribution in [0, 0.1) is 41.4 Å². The Kier molecular flexibility index (Phi) is 11.2. The number of allylic oxidation sites excluding steroid dienone is 32. The molecule has 3 aromatic rings. The van der Waals surface area contributed by atoms with Gasteiger partial charge in [0.1, 0.15) is 22.7 Å². The van der Waals surface area contributed by atoms with Gasteiger partial charge in [0.15, 0.2) is 0 Å². The van der Waals surface area contributed by atoms with Gasteiger partial charge in [-0.25, -0.2) is 0 Å². The van der Waals surface area contributed by atoms with Gasteiger partial charge >= 0.3 is 0 Å². The first-order chi connectivity index (χ1) is 33.6. The summed E-state index contributed by atoms with van der Waals surface area (Å²) in [6, 6.07) is 4.59. The molecule has 0 N–H and O–H groups in total. The van der Waals surface area contributed by atoms with Crippen molar-refractivity contribution in [1.82, 2.24) is 0 Å². The van der Waals surface area contributed by atoms with Gasteiger partial charge in [-0.05, 0) is 183 Å². The van der Waals surface area contributed by atoms with Crippen molar-refractivity contribution in [3.05, 3.63) is 225 Å². The quantitative estimate of drug-likeness (QED) is 0.211. The maximum atomic E-state index is 6.60. The smallest absolute Gasteiger partial charge is 0.138 e. The largest absolute Gasteiger partial charge is 0.456 e. The summed E-state index contributed by atoms with van der Waals surface area (Å²) in [4.78, 5) is 0. The molecule has 2 aromatic heterocycles. The van der Waals surface area contributed by atoms with E-state index in [1.807, 2.05) is 0 Å². The van der Waals surface area contributed by atoms with Crippen molar-refractivity contribution in [2.24, 2.45) is 41.4 Å². The second-order valence-electron chi connectivity index (χ2n) is 21.3. The minimum Gasteiger partial charge on any atom is -0.456 e. The summed E-state index contributed by atoms with van der Waals surface area (Å²) in [6.07, 6.45) is 77.1. The van der Waals surface area contributed by atoms with E-state index in [1.165, 1.54) is 68.2 Å². The number of hydrogen-bond donors (Lipinski definition) is 0. The fourth-order valence-electron chi connectivity index (χ4n) is 13.4. The lowest BCUT2D eigenvalue weighted by Crippen LogP contribution is -2.21. The van der Waals surface area contributed by atoms with Crippen LogP contribution in [-0.4, -0.2) is 0 Å². The summed E-state index contributed by atoms with van der Waals surface area (Å²) in [7, 11) is 0. The summed E-state index contributed by atoms with van der Waals surface area (Å²) in [5.41, 5.74) is 18.2. The molecule has 13 rings (SSSR count). The second-order valence-corrected chi connectivity index (χ2v) is 21.3. The molecular weight excluding hydrogens is 825 g/mol. The Labute approximate surface area is 403 Å². The lowest BCUT2D eigenvalue weighted by Gasteiger charge is -2.33. The third-order valence-corrected chi connectivity index (χ3v) is 17.3. The fourth-order valence-corrected chi connectivity index (χ4v) is 13.4. The van der Waals surface area contributed by atoms with Crippen LogP contribution in [0.5, 0.6) is 0 Å². The van der Waals surface area contributed by atoms with Crippen molar-refractivity contribution >= 4 is 34.1 Å². The minimum absolute atomic E-state index is 0.338. The Morgan fingerprint density at radius 2 is 1.25 bits per heavy atom. The van der Waals surface area contributed by atoms with Crippen LogP contribution in [0.25, 0.3) is 34.1 Å². The van der Waals surface area contributed by atoms with Crippen LogP contribution in [0.15, 0.2) is 211 Å². The third kappa shape index (κ3) is 8.12. The molecule has 0 amide bonds. The molecule has 0 fully saturated rings.